The summed E-state index contributed by atoms with van der Waals surface area (Å²) >= 11 is 6.27. The van der Waals surface area contributed by atoms with Gasteiger partial charge in [-0.25, -0.2) is 15.0 Å². The van der Waals surface area contributed by atoms with Crippen LogP contribution in [-0.2, 0) is 27.3 Å². The van der Waals surface area contributed by atoms with Gasteiger partial charge < -0.3 is 25.3 Å². The van der Waals surface area contributed by atoms with Gasteiger partial charge in [0.15, 0.2) is 0 Å². The highest BCUT2D eigenvalue weighted by atomic mass is 35.5. The number of carbonyl (C=O) groups is 5. The summed E-state index contributed by atoms with van der Waals surface area (Å²) in [7, 11) is 0. The zero-order valence-corrected chi connectivity index (χ0v) is 36.0. The molecular formula is C46H47ClFN11O5. The SMILES string of the molecule is Cc1ccc(N2CCC(CN3CC4(CC(NC(=O)c5ccc(Nc6ncnc7c6CCN(c6ccc(C#N)c(Cl)c6)C7)nc5F)C4)C3)CC2)cc1C(=O)N(C=O)C1CCC(=O)NC1=O. The lowest BCUT2D eigenvalue weighted by atomic mass is 9.60. The van der Waals surface area contributed by atoms with Crippen LogP contribution >= 0.6 is 11.6 Å². The normalized spacial score (nSPS) is 19.8. The monoisotopic (exact) mass is 887 g/mol. The Morgan fingerprint density at radius 1 is 1.00 bits per heavy atom. The number of nitriles is 1. The van der Waals surface area contributed by atoms with Gasteiger partial charge in [0.1, 0.15) is 30.1 Å². The third-order valence-corrected chi connectivity index (χ3v) is 13.8. The molecule has 9 rings (SSSR count). The zero-order valence-electron chi connectivity index (χ0n) is 35.3. The molecule has 2 aromatic carbocycles. The maximum absolute atomic E-state index is 15.3. The lowest BCUT2D eigenvalue weighted by Gasteiger charge is -2.60. The van der Waals surface area contributed by atoms with Crippen molar-refractivity contribution >= 4 is 64.7 Å². The standard InChI is InChI=1S/C46H47ClFN11O5/c1-27-2-4-31(16-35(27)45(64)59(26-60)38-7-9-40(61)55-44(38)63)57-13-10-28(11-14-57)21-56-23-46(24-56)18-30(19-46)52-43(62)34-6-8-39(53-41(34)48)54-42-33-12-15-58(22-37(33)50-25-51-42)32-5-3-29(20-49)36(47)17-32/h2-6,8,16-17,25-26,28,30,38H,7,9-15,18-19,21-24H2,1H3,(H,52,62)(H,55,61,63)(H,50,51,53,54). The van der Waals surface area contributed by atoms with E-state index >= 15 is 4.39 Å². The third-order valence-electron chi connectivity index (χ3n) is 13.4. The molecule has 64 heavy (non-hydrogen) atoms. The number of rotatable bonds is 11. The van der Waals surface area contributed by atoms with Gasteiger partial charge in [0, 0.05) is 74.2 Å². The highest BCUT2D eigenvalue weighted by Gasteiger charge is 2.52. The van der Waals surface area contributed by atoms with Gasteiger partial charge in [0.25, 0.3) is 11.8 Å². The van der Waals surface area contributed by atoms with Crippen LogP contribution in [0.1, 0.15) is 81.6 Å². The number of fused-ring (bicyclic) bond motifs is 1. The highest BCUT2D eigenvalue weighted by Crippen LogP contribution is 2.49. The predicted octanol–water partition coefficient (Wildman–Crippen LogP) is 4.67. The van der Waals surface area contributed by atoms with E-state index in [4.69, 9.17) is 11.6 Å². The third kappa shape index (κ3) is 8.59. The quantitative estimate of drug-likeness (QED) is 0.107. The lowest BCUT2D eigenvalue weighted by Crippen LogP contribution is -2.67. The number of aryl methyl sites for hydroxylation is 1. The number of carbonyl (C=O) groups excluding carboxylic acids is 5. The summed E-state index contributed by atoms with van der Waals surface area (Å²) in [6, 6.07) is 15.0. The van der Waals surface area contributed by atoms with Gasteiger partial charge in [-0.15, -0.1) is 0 Å². The number of piperidine rings is 2. The molecule has 1 spiro atoms. The molecule has 5 aliphatic rings. The van der Waals surface area contributed by atoms with E-state index in [2.05, 4.69) is 51.7 Å². The molecule has 4 aromatic rings. The second-order valence-corrected chi connectivity index (χ2v) is 18.1. The molecule has 3 saturated heterocycles. The maximum Gasteiger partial charge on any atom is 0.261 e. The molecular weight excluding hydrogens is 841 g/mol. The van der Waals surface area contributed by atoms with Crippen molar-refractivity contribution in [2.75, 3.05) is 54.4 Å². The minimum Gasteiger partial charge on any atom is -0.371 e. The molecule has 2 aromatic heterocycles. The molecule has 0 radical (unpaired) electrons. The summed E-state index contributed by atoms with van der Waals surface area (Å²) in [6.45, 7) is 7.52. The van der Waals surface area contributed by atoms with Crippen LogP contribution in [-0.4, -0.2) is 106 Å². The molecule has 6 heterocycles. The fraction of sp³-hybridized carbons (Fsp3) is 0.413. The van der Waals surface area contributed by atoms with Crippen molar-refractivity contribution in [3.8, 4) is 6.07 Å². The summed E-state index contributed by atoms with van der Waals surface area (Å²) in [5, 5.41) is 18.0. The summed E-state index contributed by atoms with van der Waals surface area (Å²) in [5.74, 6) is -1.70. The fourth-order valence-corrected chi connectivity index (χ4v) is 10.3. The molecule has 16 nitrogen and oxygen atoms in total. The Balaban J connectivity index is 0.717. The Morgan fingerprint density at radius 3 is 2.48 bits per heavy atom. The first-order valence-corrected chi connectivity index (χ1v) is 22.0. The molecule has 0 bridgehead atoms. The van der Waals surface area contributed by atoms with Gasteiger partial charge in [-0.3, -0.25) is 34.2 Å². The second-order valence-electron chi connectivity index (χ2n) is 17.7. The Bertz CT molecular complexity index is 2580. The topological polar surface area (TPSA) is 197 Å². The predicted molar refractivity (Wildman–Crippen MR) is 234 cm³/mol. The first kappa shape index (κ1) is 42.8. The van der Waals surface area contributed by atoms with Crippen molar-refractivity contribution in [1.82, 2.24) is 35.4 Å². The fourth-order valence-electron chi connectivity index (χ4n) is 10.0. The maximum atomic E-state index is 15.3. The van der Waals surface area contributed by atoms with Crippen LogP contribution in [0.5, 0.6) is 0 Å². The second kappa shape index (κ2) is 17.6. The van der Waals surface area contributed by atoms with E-state index < -0.39 is 35.6 Å². The van der Waals surface area contributed by atoms with Crippen molar-refractivity contribution in [2.24, 2.45) is 11.3 Å². The van der Waals surface area contributed by atoms with Crippen molar-refractivity contribution < 1.29 is 28.4 Å². The number of likely N-dealkylation sites (tertiary alicyclic amines) is 1. The van der Waals surface area contributed by atoms with Crippen molar-refractivity contribution in [2.45, 2.75) is 70.5 Å². The number of imide groups is 2. The average Bonchev–Trinajstić information content (AvgIpc) is 3.26. The number of nitrogens with zero attached hydrogens (tertiary/aromatic N) is 8. The van der Waals surface area contributed by atoms with E-state index in [1.807, 2.05) is 18.2 Å². The van der Waals surface area contributed by atoms with Gasteiger partial charge in [0.2, 0.25) is 24.2 Å². The van der Waals surface area contributed by atoms with Crippen LogP contribution in [0, 0.1) is 35.5 Å². The van der Waals surface area contributed by atoms with Crippen LogP contribution in [0.3, 0.4) is 0 Å². The highest BCUT2D eigenvalue weighted by molar-refractivity contribution is 6.32. The molecule has 4 aliphatic heterocycles. The summed E-state index contributed by atoms with van der Waals surface area (Å²) < 4.78 is 15.3. The van der Waals surface area contributed by atoms with Gasteiger partial charge in [-0.2, -0.15) is 9.65 Å². The molecule has 1 saturated carbocycles. The Labute approximate surface area is 374 Å². The van der Waals surface area contributed by atoms with E-state index in [1.165, 1.54) is 12.4 Å². The van der Waals surface area contributed by atoms with Gasteiger partial charge in [-0.1, -0.05) is 17.7 Å². The van der Waals surface area contributed by atoms with Gasteiger partial charge >= 0.3 is 0 Å². The lowest BCUT2D eigenvalue weighted by molar-refractivity contribution is -0.139. The Kier molecular flexibility index (Phi) is 11.7. The number of nitrogens with one attached hydrogen (secondary N) is 3. The molecule has 330 valence electrons. The molecule has 18 heteroatoms. The summed E-state index contributed by atoms with van der Waals surface area (Å²) in [4.78, 5) is 83.4. The minimum absolute atomic E-state index is 0.0311. The van der Waals surface area contributed by atoms with Crippen molar-refractivity contribution in [3.63, 3.8) is 0 Å². The number of hydrogen-bond donors (Lipinski definition) is 3. The van der Waals surface area contributed by atoms with Crippen LogP contribution in [0.4, 0.5) is 27.4 Å². The van der Waals surface area contributed by atoms with Gasteiger partial charge in [-0.05, 0) is 105 Å². The van der Waals surface area contributed by atoms with Crippen LogP contribution in [0.2, 0.25) is 5.02 Å². The molecule has 5 amide bonds. The molecule has 1 unspecified atom stereocenters. The number of hydrogen-bond acceptors (Lipinski definition) is 13. The average molecular weight is 888 g/mol. The van der Waals surface area contributed by atoms with E-state index in [9.17, 15) is 29.2 Å². The van der Waals surface area contributed by atoms with E-state index in [-0.39, 0.29) is 35.7 Å². The molecule has 4 fully saturated rings. The van der Waals surface area contributed by atoms with Crippen molar-refractivity contribution in [3.05, 3.63) is 99.3 Å². The molecule has 3 N–H and O–H groups in total. The first-order chi connectivity index (χ1) is 30.9. The van der Waals surface area contributed by atoms with E-state index in [0.717, 1.165) is 85.9 Å². The number of pyridine rings is 1. The largest absolute Gasteiger partial charge is 0.371 e. The summed E-state index contributed by atoms with van der Waals surface area (Å²) in [6.07, 6.45) is 6.26. The number of anilines is 4. The number of halogens is 2. The zero-order chi connectivity index (χ0) is 44.7. The van der Waals surface area contributed by atoms with Gasteiger partial charge in [0.05, 0.1) is 28.4 Å². The number of benzene rings is 2. The Morgan fingerprint density at radius 2 is 1.77 bits per heavy atom. The minimum atomic E-state index is -1.02. The van der Waals surface area contributed by atoms with Crippen LogP contribution < -0.4 is 25.8 Å². The molecule has 1 atom stereocenters. The number of amides is 5. The Hall–Kier alpha value is -6.51. The number of aromatic nitrogens is 3. The first-order valence-electron chi connectivity index (χ1n) is 21.6. The molecule has 1 aliphatic carbocycles. The van der Waals surface area contributed by atoms with E-state index in [0.29, 0.717) is 59.4 Å². The van der Waals surface area contributed by atoms with E-state index in [1.54, 1.807) is 31.2 Å². The van der Waals surface area contributed by atoms with Crippen LogP contribution in [0.25, 0.3) is 0 Å². The smallest absolute Gasteiger partial charge is 0.261 e. The van der Waals surface area contributed by atoms with Crippen LogP contribution in [0.15, 0.2) is 54.9 Å². The van der Waals surface area contributed by atoms with Crippen molar-refractivity contribution in [1.29, 1.82) is 5.26 Å². The summed E-state index contributed by atoms with van der Waals surface area (Å²) in [5.41, 5.74) is 4.98.